The highest BCUT2D eigenvalue weighted by Gasteiger charge is 2.19. The molecule has 0 aliphatic heterocycles. The summed E-state index contributed by atoms with van der Waals surface area (Å²) < 4.78 is 9.69. The van der Waals surface area contributed by atoms with Gasteiger partial charge in [-0.2, -0.15) is 0 Å². The van der Waals surface area contributed by atoms with E-state index in [0.717, 1.165) is 42.4 Å². The maximum Gasteiger partial charge on any atom is 0.238 e. The van der Waals surface area contributed by atoms with Gasteiger partial charge in [0.15, 0.2) is 5.82 Å². The van der Waals surface area contributed by atoms with Crippen molar-refractivity contribution in [1.82, 2.24) is 29.3 Å². The van der Waals surface area contributed by atoms with Crippen LogP contribution in [-0.4, -0.2) is 36.4 Å². The first-order valence-corrected chi connectivity index (χ1v) is 11.0. The molecule has 0 amide bonds. The number of imidazole rings is 1. The van der Waals surface area contributed by atoms with Crippen molar-refractivity contribution in [2.24, 2.45) is 0 Å². The molecule has 1 N–H and O–H groups in total. The largest absolute Gasteiger partial charge is 0.479 e. The van der Waals surface area contributed by atoms with E-state index in [0.29, 0.717) is 17.3 Å². The molecule has 0 saturated heterocycles. The summed E-state index contributed by atoms with van der Waals surface area (Å²) in [4.78, 5) is 8.92. The summed E-state index contributed by atoms with van der Waals surface area (Å²) >= 11 is 0. The van der Waals surface area contributed by atoms with Crippen molar-refractivity contribution in [2.75, 3.05) is 12.4 Å². The van der Waals surface area contributed by atoms with Gasteiger partial charge in [0.1, 0.15) is 17.2 Å². The van der Waals surface area contributed by atoms with Crippen LogP contribution in [0, 0.1) is 6.92 Å². The van der Waals surface area contributed by atoms with Crippen LogP contribution in [-0.2, 0) is 19.4 Å². The summed E-state index contributed by atoms with van der Waals surface area (Å²) in [7, 11) is 1.61. The van der Waals surface area contributed by atoms with E-state index in [9.17, 15) is 0 Å². The second-order valence-corrected chi connectivity index (χ2v) is 8.05. The molecule has 8 nitrogen and oxygen atoms in total. The first kappa shape index (κ1) is 20.2. The molecule has 0 atom stereocenters. The fourth-order valence-electron chi connectivity index (χ4n) is 4.30. The third-order valence-corrected chi connectivity index (χ3v) is 5.93. The number of aromatic nitrogens is 6. The van der Waals surface area contributed by atoms with Crippen molar-refractivity contribution in [3.8, 4) is 23.0 Å². The van der Waals surface area contributed by atoms with Crippen LogP contribution in [0.25, 0.3) is 17.1 Å². The highest BCUT2D eigenvalue weighted by molar-refractivity contribution is 5.63. The van der Waals surface area contributed by atoms with Crippen molar-refractivity contribution in [3.63, 3.8) is 0 Å². The standard InChI is InChI=1S/C24H27N7O/c1-4-30-14-17-7-5-6-8-18(17)23(30)27-22-12-10-20(28-29-22)19-9-11-21(24(26-19)32-3)31-13-16(2)25-15-31/h9-15H,4-8H2,1-3H3,(H,27,29). The topological polar surface area (TPSA) is 82.7 Å². The number of hydrogen-bond donors (Lipinski definition) is 1. The molecule has 4 aromatic heterocycles. The minimum absolute atomic E-state index is 0.510. The third-order valence-electron chi connectivity index (χ3n) is 5.93. The van der Waals surface area contributed by atoms with Crippen molar-refractivity contribution in [2.45, 2.75) is 46.1 Å². The van der Waals surface area contributed by atoms with Crippen LogP contribution < -0.4 is 10.1 Å². The Bertz CT molecular complexity index is 1240. The summed E-state index contributed by atoms with van der Waals surface area (Å²) in [5.41, 5.74) is 6.02. The number of ether oxygens (including phenoxy) is 1. The molecule has 0 radical (unpaired) electrons. The van der Waals surface area contributed by atoms with E-state index in [1.807, 2.05) is 42.0 Å². The zero-order chi connectivity index (χ0) is 22.1. The quantitative estimate of drug-likeness (QED) is 0.486. The predicted octanol–water partition coefficient (Wildman–Crippen LogP) is 4.49. The second kappa shape index (κ2) is 8.45. The fraction of sp³-hybridized carbons (Fsp3) is 0.333. The molecule has 1 aliphatic carbocycles. The maximum absolute atomic E-state index is 5.52. The number of nitrogens with zero attached hydrogens (tertiary/aromatic N) is 6. The highest BCUT2D eigenvalue weighted by atomic mass is 16.5. The van der Waals surface area contributed by atoms with E-state index >= 15 is 0 Å². The Morgan fingerprint density at radius 3 is 2.59 bits per heavy atom. The van der Waals surface area contributed by atoms with Gasteiger partial charge in [-0.25, -0.2) is 9.97 Å². The van der Waals surface area contributed by atoms with Gasteiger partial charge in [-0.1, -0.05) is 0 Å². The van der Waals surface area contributed by atoms with Gasteiger partial charge in [0, 0.05) is 18.9 Å². The number of nitrogens with one attached hydrogen (secondary N) is 1. The number of anilines is 2. The smallest absolute Gasteiger partial charge is 0.238 e. The SMILES string of the molecule is CCn1cc2c(c1Nc1ccc(-c3ccc(-n4cnc(C)c4)c(OC)n3)nn1)CCCC2. The normalized spacial score (nSPS) is 13.1. The van der Waals surface area contributed by atoms with Gasteiger partial charge < -0.3 is 19.2 Å². The number of aryl methyl sites for hydroxylation is 3. The molecule has 32 heavy (non-hydrogen) atoms. The first-order chi connectivity index (χ1) is 15.7. The number of fused-ring (bicyclic) bond motifs is 1. The number of rotatable bonds is 6. The van der Waals surface area contributed by atoms with Gasteiger partial charge in [-0.3, -0.25) is 0 Å². The Labute approximate surface area is 187 Å². The lowest BCUT2D eigenvalue weighted by Crippen LogP contribution is -2.06. The van der Waals surface area contributed by atoms with Crippen LogP contribution in [0.15, 0.2) is 43.0 Å². The van der Waals surface area contributed by atoms with Crippen molar-refractivity contribution in [1.29, 1.82) is 0 Å². The molecule has 1 aliphatic rings. The Kier molecular flexibility index (Phi) is 5.34. The van der Waals surface area contributed by atoms with E-state index in [4.69, 9.17) is 4.74 Å². The van der Waals surface area contributed by atoms with Crippen LogP contribution in [0.2, 0.25) is 0 Å². The lowest BCUT2D eigenvalue weighted by molar-refractivity contribution is 0.396. The highest BCUT2D eigenvalue weighted by Crippen LogP contribution is 2.32. The molecule has 164 valence electrons. The molecule has 0 bridgehead atoms. The monoisotopic (exact) mass is 429 g/mol. The van der Waals surface area contributed by atoms with Gasteiger partial charge >= 0.3 is 0 Å². The molecule has 0 saturated carbocycles. The Morgan fingerprint density at radius 2 is 1.88 bits per heavy atom. The predicted molar refractivity (Wildman–Crippen MR) is 124 cm³/mol. The van der Waals surface area contributed by atoms with Gasteiger partial charge in [0.25, 0.3) is 0 Å². The Balaban J connectivity index is 1.40. The maximum atomic E-state index is 5.52. The summed E-state index contributed by atoms with van der Waals surface area (Å²) in [6.45, 7) is 5.04. The van der Waals surface area contributed by atoms with E-state index in [1.165, 1.54) is 24.0 Å². The van der Waals surface area contributed by atoms with Crippen LogP contribution in [0.3, 0.4) is 0 Å². The second-order valence-electron chi connectivity index (χ2n) is 8.05. The van der Waals surface area contributed by atoms with Crippen LogP contribution >= 0.6 is 0 Å². The van der Waals surface area contributed by atoms with E-state index in [1.54, 1.807) is 13.4 Å². The van der Waals surface area contributed by atoms with Gasteiger partial charge in [-0.15, -0.1) is 10.2 Å². The molecular formula is C24H27N7O. The van der Waals surface area contributed by atoms with Gasteiger partial charge in [0.05, 0.1) is 24.8 Å². The molecule has 0 aromatic carbocycles. The summed E-state index contributed by atoms with van der Waals surface area (Å²) in [6.07, 6.45) is 10.7. The van der Waals surface area contributed by atoms with Crippen molar-refractivity contribution in [3.05, 3.63) is 59.8 Å². The van der Waals surface area contributed by atoms with Crippen molar-refractivity contribution >= 4 is 11.6 Å². The van der Waals surface area contributed by atoms with Gasteiger partial charge in [-0.05, 0) is 74.9 Å². The third kappa shape index (κ3) is 3.72. The molecular weight excluding hydrogens is 402 g/mol. The molecule has 0 fully saturated rings. The fourth-order valence-corrected chi connectivity index (χ4v) is 4.30. The van der Waals surface area contributed by atoms with E-state index < -0.39 is 0 Å². The summed E-state index contributed by atoms with van der Waals surface area (Å²) in [5, 5.41) is 12.3. The Hall–Kier alpha value is -3.68. The van der Waals surface area contributed by atoms with Crippen LogP contribution in [0.4, 0.5) is 11.6 Å². The number of hydrogen-bond acceptors (Lipinski definition) is 6. The molecule has 0 unspecified atom stereocenters. The van der Waals surface area contributed by atoms with E-state index in [2.05, 4.69) is 43.2 Å². The Morgan fingerprint density at radius 1 is 1.03 bits per heavy atom. The summed E-state index contributed by atoms with van der Waals surface area (Å²) in [5.74, 6) is 2.38. The lowest BCUT2D eigenvalue weighted by atomic mass is 9.95. The molecule has 8 heteroatoms. The van der Waals surface area contributed by atoms with E-state index in [-0.39, 0.29) is 0 Å². The molecule has 0 spiro atoms. The minimum atomic E-state index is 0.510. The molecule has 4 heterocycles. The lowest BCUT2D eigenvalue weighted by Gasteiger charge is -2.15. The zero-order valence-electron chi connectivity index (χ0n) is 18.7. The number of methoxy groups -OCH3 is 1. The average molecular weight is 430 g/mol. The summed E-state index contributed by atoms with van der Waals surface area (Å²) in [6, 6.07) is 7.76. The minimum Gasteiger partial charge on any atom is -0.479 e. The molecule has 5 rings (SSSR count). The van der Waals surface area contributed by atoms with Crippen LogP contribution in [0.1, 0.15) is 36.6 Å². The zero-order valence-corrected chi connectivity index (χ0v) is 18.7. The molecule has 4 aromatic rings. The van der Waals surface area contributed by atoms with Crippen molar-refractivity contribution < 1.29 is 4.74 Å². The first-order valence-electron chi connectivity index (χ1n) is 11.0. The van der Waals surface area contributed by atoms with Crippen LogP contribution in [0.5, 0.6) is 5.88 Å². The average Bonchev–Trinajstić information content (AvgIpc) is 3.42. The van der Waals surface area contributed by atoms with Gasteiger partial charge in [0.2, 0.25) is 5.88 Å². The number of pyridine rings is 1.